The molecule has 2 rings (SSSR count). The van der Waals surface area contributed by atoms with Crippen LogP contribution in [0, 0.1) is 17.0 Å². The number of rotatable bonds is 5. The maximum Gasteiger partial charge on any atom is 0.270 e. The van der Waals surface area contributed by atoms with Gasteiger partial charge in [0.15, 0.2) is 0 Å². The highest BCUT2D eigenvalue weighted by Crippen LogP contribution is 2.26. The Morgan fingerprint density at radius 1 is 1.53 bits per heavy atom. The van der Waals surface area contributed by atoms with Crippen LogP contribution in [0.25, 0.3) is 0 Å². The third-order valence-corrected chi connectivity index (χ3v) is 3.64. The first-order valence-electron chi connectivity index (χ1n) is 5.47. The minimum Gasteiger partial charge on any atom is -0.486 e. The van der Waals surface area contributed by atoms with Crippen LogP contribution in [-0.4, -0.2) is 9.91 Å². The number of nitro benzene ring substituents is 1. The fourth-order valence-corrected chi connectivity index (χ4v) is 2.42. The summed E-state index contributed by atoms with van der Waals surface area (Å²) in [7, 11) is 0. The number of alkyl halides is 1. The number of aryl methyl sites for hydroxylation is 1. The molecule has 5 nitrogen and oxygen atoms in total. The smallest absolute Gasteiger partial charge is 0.270 e. The Hall–Kier alpha value is -1.66. The summed E-state index contributed by atoms with van der Waals surface area (Å²) in [6.45, 7) is 2.25. The van der Waals surface area contributed by atoms with Crippen LogP contribution in [0.1, 0.15) is 16.3 Å². The van der Waals surface area contributed by atoms with Gasteiger partial charge in [0.25, 0.3) is 5.69 Å². The molecule has 0 saturated heterocycles. The SMILES string of the molecule is Cc1csc(COc2ccc([N+](=O)[O-])cc2CCl)n1. The average Bonchev–Trinajstić information content (AvgIpc) is 2.81. The summed E-state index contributed by atoms with van der Waals surface area (Å²) in [5.74, 6) is 0.710. The van der Waals surface area contributed by atoms with E-state index in [4.69, 9.17) is 16.3 Å². The molecule has 0 spiro atoms. The zero-order chi connectivity index (χ0) is 13.8. The molecule has 0 atom stereocenters. The predicted octanol–water partition coefficient (Wildman–Crippen LogP) is 3.68. The van der Waals surface area contributed by atoms with E-state index in [1.54, 1.807) is 6.07 Å². The standard InChI is InChI=1S/C12H11ClN2O3S/c1-8-7-19-12(14-8)6-18-11-3-2-10(15(16)17)4-9(11)5-13/h2-4,7H,5-6H2,1H3. The van der Waals surface area contributed by atoms with E-state index in [1.165, 1.54) is 23.5 Å². The van der Waals surface area contributed by atoms with E-state index in [9.17, 15) is 10.1 Å². The van der Waals surface area contributed by atoms with Gasteiger partial charge in [0, 0.05) is 28.8 Å². The average molecular weight is 299 g/mol. The number of benzene rings is 1. The lowest BCUT2D eigenvalue weighted by Gasteiger charge is -2.08. The number of nitrogens with zero attached hydrogens (tertiary/aromatic N) is 2. The molecule has 1 heterocycles. The van der Waals surface area contributed by atoms with Crippen LogP contribution in [0.3, 0.4) is 0 Å². The quantitative estimate of drug-likeness (QED) is 0.480. The number of ether oxygens (including phenoxy) is 1. The summed E-state index contributed by atoms with van der Waals surface area (Å²) in [6, 6.07) is 4.39. The Kier molecular flexibility index (Phi) is 4.34. The molecule has 7 heteroatoms. The maximum absolute atomic E-state index is 10.7. The second-order valence-electron chi connectivity index (χ2n) is 3.85. The highest BCUT2D eigenvalue weighted by atomic mass is 35.5. The van der Waals surface area contributed by atoms with Gasteiger partial charge in [0.1, 0.15) is 17.4 Å². The Morgan fingerprint density at radius 3 is 2.89 bits per heavy atom. The second-order valence-corrected chi connectivity index (χ2v) is 5.06. The first kappa shape index (κ1) is 13.8. The van der Waals surface area contributed by atoms with Gasteiger partial charge in [0.05, 0.1) is 10.8 Å². The number of halogens is 1. The van der Waals surface area contributed by atoms with Crippen molar-refractivity contribution in [2.75, 3.05) is 0 Å². The molecule has 0 aliphatic carbocycles. The van der Waals surface area contributed by atoms with E-state index in [-0.39, 0.29) is 11.6 Å². The number of thiazole rings is 1. The Balaban J connectivity index is 2.13. The van der Waals surface area contributed by atoms with Crippen molar-refractivity contribution in [3.63, 3.8) is 0 Å². The summed E-state index contributed by atoms with van der Waals surface area (Å²) in [5, 5.41) is 13.5. The normalized spacial score (nSPS) is 10.4. The summed E-state index contributed by atoms with van der Waals surface area (Å²) in [6.07, 6.45) is 0. The van der Waals surface area contributed by atoms with Crippen molar-refractivity contribution in [3.05, 3.63) is 50.0 Å². The second kappa shape index (κ2) is 5.99. The Morgan fingerprint density at radius 2 is 2.32 bits per heavy atom. The topological polar surface area (TPSA) is 65.3 Å². The zero-order valence-corrected chi connectivity index (χ0v) is 11.7. The van der Waals surface area contributed by atoms with Gasteiger partial charge in [-0.05, 0) is 13.0 Å². The lowest BCUT2D eigenvalue weighted by atomic mass is 10.2. The minimum absolute atomic E-state index is 0.00749. The lowest BCUT2D eigenvalue weighted by Crippen LogP contribution is -1.99. The van der Waals surface area contributed by atoms with Crippen LogP contribution in [-0.2, 0) is 12.5 Å². The molecule has 0 amide bonds. The van der Waals surface area contributed by atoms with E-state index in [0.717, 1.165) is 10.7 Å². The van der Waals surface area contributed by atoms with Gasteiger partial charge < -0.3 is 4.74 Å². The summed E-state index contributed by atoms with van der Waals surface area (Å²) < 4.78 is 5.60. The zero-order valence-electron chi connectivity index (χ0n) is 10.1. The van der Waals surface area contributed by atoms with Crippen LogP contribution < -0.4 is 4.74 Å². The summed E-state index contributed by atoms with van der Waals surface area (Å²) in [4.78, 5) is 14.5. The molecule has 100 valence electrons. The molecular formula is C12H11ClN2O3S. The number of nitro groups is 1. The summed E-state index contributed by atoms with van der Waals surface area (Å²) >= 11 is 7.29. The molecule has 0 radical (unpaired) electrons. The first-order valence-corrected chi connectivity index (χ1v) is 6.88. The molecule has 0 bridgehead atoms. The minimum atomic E-state index is -0.454. The van der Waals surface area contributed by atoms with E-state index in [2.05, 4.69) is 4.98 Å². The van der Waals surface area contributed by atoms with Crippen molar-refractivity contribution in [3.8, 4) is 5.75 Å². The lowest BCUT2D eigenvalue weighted by molar-refractivity contribution is -0.384. The van der Waals surface area contributed by atoms with Crippen molar-refractivity contribution < 1.29 is 9.66 Å². The predicted molar refractivity (Wildman–Crippen MR) is 73.8 cm³/mol. The van der Waals surface area contributed by atoms with Gasteiger partial charge in [-0.25, -0.2) is 4.98 Å². The number of aromatic nitrogens is 1. The number of non-ortho nitro benzene ring substituents is 1. The molecule has 0 fully saturated rings. The van der Waals surface area contributed by atoms with Gasteiger partial charge in [-0.2, -0.15) is 0 Å². The third kappa shape index (κ3) is 3.42. The molecule has 19 heavy (non-hydrogen) atoms. The fraction of sp³-hybridized carbons (Fsp3) is 0.250. The molecule has 2 aromatic rings. The molecule has 0 aliphatic rings. The largest absolute Gasteiger partial charge is 0.486 e. The molecule has 1 aromatic carbocycles. The molecular weight excluding hydrogens is 288 g/mol. The number of hydrogen-bond donors (Lipinski definition) is 0. The van der Waals surface area contributed by atoms with Crippen LogP contribution in [0.4, 0.5) is 5.69 Å². The van der Waals surface area contributed by atoms with E-state index < -0.39 is 4.92 Å². The summed E-state index contributed by atoms with van der Waals surface area (Å²) in [5.41, 5.74) is 1.56. The van der Waals surface area contributed by atoms with Crippen molar-refractivity contribution >= 4 is 28.6 Å². The molecule has 0 N–H and O–H groups in total. The van der Waals surface area contributed by atoms with E-state index in [1.807, 2.05) is 12.3 Å². The van der Waals surface area contributed by atoms with Gasteiger partial charge in [0.2, 0.25) is 0 Å². The van der Waals surface area contributed by atoms with Crippen molar-refractivity contribution in [1.82, 2.24) is 4.98 Å². The highest BCUT2D eigenvalue weighted by molar-refractivity contribution is 7.09. The molecule has 0 aliphatic heterocycles. The number of hydrogen-bond acceptors (Lipinski definition) is 5. The van der Waals surface area contributed by atoms with Crippen molar-refractivity contribution in [2.45, 2.75) is 19.4 Å². The fourth-order valence-electron chi connectivity index (χ4n) is 1.53. The van der Waals surface area contributed by atoms with Gasteiger partial charge in [-0.1, -0.05) is 0 Å². The van der Waals surface area contributed by atoms with Gasteiger partial charge >= 0.3 is 0 Å². The maximum atomic E-state index is 10.7. The molecule has 0 saturated carbocycles. The van der Waals surface area contributed by atoms with Crippen LogP contribution in [0.5, 0.6) is 5.75 Å². The molecule has 1 aromatic heterocycles. The van der Waals surface area contributed by atoms with Gasteiger partial charge in [-0.3, -0.25) is 10.1 Å². The van der Waals surface area contributed by atoms with Crippen LogP contribution >= 0.6 is 22.9 Å². The van der Waals surface area contributed by atoms with Crippen LogP contribution in [0.2, 0.25) is 0 Å². The third-order valence-electron chi connectivity index (χ3n) is 2.42. The Labute approximate surface area is 119 Å². The van der Waals surface area contributed by atoms with Gasteiger partial charge in [-0.15, -0.1) is 22.9 Å². The van der Waals surface area contributed by atoms with Crippen LogP contribution in [0.15, 0.2) is 23.6 Å². The Bertz CT molecular complexity index is 600. The highest BCUT2D eigenvalue weighted by Gasteiger charge is 2.11. The molecule has 0 unspecified atom stereocenters. The van der Waals surface area contributed by atoms with Crippen molar-refractivity contribution in [2.24, 2.45) is 0 Å². The van der Waals surface area contributed by atoms with E-state index in [0.29, 0.717) is 17.9 Å². The monoisotopic (exact) mass is 298 g/mol. The first-order chi connectivity index (χ1) is 9.10. The van der Waals surface area contributed by atoms with Crippen molar-refractivity contribution in [1.29, 1.82) is 0 Å². The van der Waals surface area contributed by atoms with E-state index >= 15 is 0 Å².